The van der Waals surface area contributed by atoms with Crippen LogP contribution in [0.25, 0.3) is 5.69 Å². The zero-order chi connectivity index (χ0) is 19.4. The van der Waals surface area contributed by atoms with Gasteiger partial charge in [0.1, 0.15) is 5.82 Å². The molecule has 0 bridgehead atoms. The number of methoxy groups -OCH3 is 1. The smallest absolute Gasteiger partial charge is 0.363 e. The van der Waals surface area contributed by atoms with Crippen molar-refractivity contribution in [2.45, 2.75) is 13.0 Å². The van der Waals surface area contributed by atoms with Gasteiger partial charge in [-0.3, -0.25) is 4.79 Å². The molecule has 0 unspecified atom stereocenters. The molecular weight excluding hydrogens is 351 g/mol. The Morgan fingerprint density at radius 2 is 1.74 bits per heavy atom. The van der Waals surface area contributed by atoms with Crippen LogP contribution in [-0.4, -0.2) is 34.7 Å². The van der Waals surface area contributed by atoms with Gasteiger partial charge in [0, 0.05) is 5.56 Å². The van der Waals surface area contributed by atoms with Gasteiger partial charge in [-0.25, -0.2) is 13.9 Å². The number of rotatable bonds is 6. The van der Waals surface area contributed by atoms with Gasteiger partial charge in [0.25, 0.3) is 0 Å². The van der Waals surface area contributed by atoms with E-state index < -0.39 is 23.7 Å². The molecule has 3 rings (SSSR count). The molecule has 138 valence electrons. The summed E-state index contributed by atoms with van der Waals surface area (Å²) in [5.74, 6) is -1.45. The molecule has 0 fully saturated rings. The van der Waals surface area contributed by atoms with Gasteiger partial charge in [-0.05, 0) is 43.3 Å². The molecule has 0 spiro atoms. The molecule has 1 atom stereocenters. The van der Waals surface area contributed by atoms with E-state index in [1.165, 1.54) is 43.0 Å². The van der Waals surface area contributed by atoms with Crippen LogP contribution in [0.3, 0.4) is 0 Å². The highest BCUT2D eigenvalue weighted by atomic mass is 19.1. The van der Waals surface area contributed by atoms with Gasteiger partial charge in [-0.1, -0.05) is 18.2 Å². The van der Waals surface area contributed by atoms with E-state index in [9.17, 15) is 14.0 Å². The maximum Gasteiger partial charge on any atom is 0.363 e. The first-order valence-electron chi connectivity index (χ1n) is 8.19. The number of nitrogens with zero attached hydrogens (tertiary/aromatic N) is 2. The lowest BCUT2D eigenvalue weighted by molar-refractivity contribution is 0.0309. The Bertz CT molecular complexity index is 952. The third-order valence-corrected chi connectivity index (χ3v) is 3.90. The lowest BCUT2D eigenvalue weighted by atomic mass is 10.1. The second-order valence-corrected chi connectivity index (χ2v) is 5.74. The van der Waals surface area contributed by atoms with Crippen molar-refractivity contribution in [3.63, 3.8) is 0 Å². The summed E-state index contributed by atoms with van der Waals surface area (Å²) in [5, 5.41) is 4.20. The summed E-state index contributed by atoms with van der Waals surface area (Å²) in [6, 6.07) is 14.2. The molecule has 3 aromatic rings. The largest absolute Gasteiger partial charge is 0.493 e. The standard InChI is InChI=1S/C20H17FN2O4/c1-13(19(24)14-8-10-15(21)11-9-14)27-20(25)18-17(26-2)12-23(22-18)16-6-4-3-5-7-16/h3-13H,1-2H3/t13-/m1/s1. The fourth-order valence-electron chi connectivity index (χ4n) is 2.48. The van der Waals surface area contributed by atoms with Gasteiger partial charge in [0.2, 0.25) is 11.5 Å². The minimum absolute atomic E-state index is 0.0416. The monoisotopic (exact) mass is 368 g/mol. The number of hydrogen-bond donors (Lipinski definition) is 0. The Labute approximate surface area is 155 Å². The van der Waals surface area contributed by atoms with Gasteiger partial charge in [0.05, 0.1) is 19.0 Å². The number of carbonyl (C=O) groups excluding carboxylic acids is 2. The zero-order valence-corrected chi connectivity index (χ0v) is 14.8. The van der Waals surface area contributed by atoms with E-state index in [0.717, 1.165) is 5.69 Å². The van der Waals surface area contributed by atoms with Crippen molar-refractivity contribution in [2.75, 3.05) is 7.11 Å². The number of hydrogen-bond acceptors (Lipinski definition) is 5. The fraction of sp³-hybridized carbons (Fsp3) is 0.150. The van der Waals surface area contributed by atoms with Crippen molar-refractivity contribution < 1.29 is 23.5 Å². The van der Waals surface area contributed by atoms with E-state index in [4.69, 9.17) is 9.47 Å². The Morgan fingerprint density at radius 3 is 2.37 bits per heavy atom. The molecule has 27 heavy (non-hydrogen) atoms. The Balaban J connectivity index is 1.78. The summed E-state index contributed by atoms with van der Waals surface area (Å²) in [6.45, 7) is 1.45. The molecule has 6 nitrogen and oxygen atoms in total. The molecule has 0 amide bonds. The highest BCUT2D eigenvalue weighted by molar-refractivity contribution is 6.01. The van der Waals surface area contributed by atoms with Crippen LogP contribution >= 0.6 is 0 Å². The predicted molar refractivity (Wildman–Crippen MR) is 95.7 cm³/mol. The van der Waals surface area contributed by atoms with Crippen molar-refractivity contribution in [3.05, 3.63) is 77.9 Å². The number of aromatic nitrogens is 2. The van der Waals surface area contributed by atoms with Gasteiger partial charge >= 0.3 is 5.97 Å². The van der Waals surface area contributed by atoms with E-state index in [2.05, 4.69) is 5.10 Å². The summed E-state index contributed by atoms with van der Waals surface area (Å²) in [5.41, 5.74) is 0.948. The molecule has 0 radical (unpaired) electrons. The third-order valence-electron chi connectivity index (χ3n) is 3.90. The average molecular weight is 368 g/mol. The topological polar surface area (TPSA) is 70.4 Å². The summed E-state index contributed by atoms with van der Waals surface area (Å²) in [6.07, 6.45) is 0.493. The molecule has 0 aliphatic rings. The molecule has 0 saturated heterocycles. The SMILES string of the molecule is COc1cn(-c2ccccc2)nc1C(=O)O[C@H](C)C(=O)c1ccc(F)cc1. The second-order valence-electron chi connectivity index (χ2n) is 5.74. The first-order chi connectivity index (χ1) is 13.0. The fourth-order valence-corrected chi connectivity index (χ4v) is 2.48. The van der Waals surface area contributed by atoms with E-state index in [1.54, 1.807) is 6.20 Å². The number of carbonyl (C=O) groups is 2. The average Bonchev–Trinajstić information content (AvgIpc) is 3.13. The van der Waals surface area contributed by atoms with Crippen molar-refractivity contribution in [2.24, 2.45) is 0 Å². The highest BCUT2D eigenvalue weighted by Gasteiger charge is 2.25. The van der Waals surface area contributed by atoms with Crippen molar-refractivity contribution in [1.29, 1.82) is 0 Å². The van der Waals surface area contributed by atoms with Crippen LogP contribution in [0, 0.1) is 5.82 Å². The molecule has 7 heteroatoms. The van der Waals surface area contributed by atoms with Crippen LogP contribution in [-0.2, 0) is 4.74 Å². The molecule has 2 aromatic carbocycles. The Hall–Kier alpha value is -3.48. The van der Waals surface area contributed by atoms with Crippen LogP contribution in [0.5, 0.6) is 5.75 Å². The molecule has 0 saturated carbocycles. The lowest BCUT2D eigenvalue weighted by Crippen LogP contribution is -2.25. The van der Waals surface area contributed by atoms with E-state index in [0.29, 0.717) is 0 Å². The summed E-state index contributed by atoms with van der Waals surface area (Å²) in [4.78, 5) is 24.8. The van der Waals surface area contributed by atoms with Crippen LogP contribution in [0.1, 0.15) is 27.8 Å². The number of para-hydroxylation sites is 1. The van der Waals surface area contributed by atoms with Crippen molar-refractivity contribution in [3.8, 4) is 11.4 Å². The third kappa shape index (κ3) is 4.03. The van der Waals surface area contributed by atoms with Crippen LogP contribution in [0.2, 0.25) is 0 Å². The summed E-state index contributed by atoms with van der Waals surface area (Å²) in [7, 11) is 1.41. The minimum atomic E-state index is -1.06. The van der Waals surface area contributed by atoms with Gasteiger partial charge in [-0.15, -0.1) is 0 Å². The molecule has 1 heterocycles. The van der Waals surface area contributed by atoms with Gasteiger partial charge in [-0.2, -0.15) is 5.10 Å². The number of halogens is 1. The van der Waals surface area contributed by atoms with Gasteiger partial charge < -0.3 is 9.47 Å². The Morgan fingerprint density at radius 1 is 1.07 bits per heavy atom. The summed E-state index contributed by atoms with van der Waals surface area (Å²) >= 11 is 0. The van der Waals surface area contributed by atoms with Gasteiger partial charge in [0.15, 0.2) is 11.9 Å². The molecule has 0 aliphatic heterocycles. The molecule has 1 aromatic heterocycles. The predicted octanol–water partition coefficient (Wildman–Crippen LogP) is 3.45. The molecule has 0 N–H and O–H groups in total. The zero-order valence-electron chi connectivity index (χ0n) is 14.8. The van der Waals surface area contributed by atoms with Crippen molar-refractivity contribution >= 4 is 11.8 Å². The lowest BCUT2D eigenvalue weighted by Gasteiger charge is -2.11. The summed E-state index contributed by atoms with van der Waals surface area (Å²) < 4.78 is 24.9. The molecular formula is C20H17FN2O4. The highest BCUT2D eigenvalue weighted by Crippen LogP contribution is 2.21. The van der Waals surface area contributed by atoms with Crippen LogP contribution in [0.15, 0.2) is 60.8 Å². The first-order valence-corrected chi connectivity index (χ1v) is 8.19. The maximum absolute atomic E-state index is 13.0. The second kappa shape index (κ2) is 7.82. The normalized spacial score (nSPS) is 11.7. The molecule has 0 aliphatic carbocycles. The number of ketones is 1. The quantitative estimate of drug-likeness (QED) is 0.492. The number of ether oxygens (including phenoxy) is 2. The van der Waals surface area contributed by atoms with Crippen LogP contribution in [0.4, 0.5) is 4.39 Å². The number of Topliss-reactive ketones (excluding diaryl/α,β-unsaturated/α-hetero) is 1. The minimum Gasteiger partial charge on any atom is -0.493 e. The van der Waals surface area contributed by atoms with Crippen LogP contribution < -0.4 is 4.74 Å². The number of benzene rings is 2. The maximum atomic E-state index is 13.0. The van der Waals surface area contributed by atoms with E-state index in [-0.39, 0.29) is 17.0 Å². The van der Waals surface area contributed by atoms with E-state index >= 15 is 0 Å². The first kappa shape index (κ1) is 18.3. The Kier molecular flexibility index (Phi) is 5.30. The van der Waals surface area contributed by atoms with Crippen molar-refractivity contribution in [1.82, 2.24) is 9.78 Å². The van der Waals surface area contributed by atoms with E-state index in [1.807, 2.05) is 30.3 Å². The number of esters is 1.